The molecule has 0 aromatic carbocycles. The van der Waals surface area contributed by atoms with E-state index in [4.69, 9.17) is 0 Å². The topological polar surface area (TPSA) is 29.9 Å². The zero-order valence-corrected chi connectivity index (χ0v) is 10.6. The highest BCUT2D eigenvalue weighted by atomic mass is 15.1. The molecule has 0 bridgehead atoms. The summed E-state index contributed by atoms with van der Waals surface area (Å²) in [6.45, 7) is 3.52. The molecule has 0 spiro atoms. The Hall–Kier alpha value is -0.830. The summed E-state index contributed by atoms with van der Waals surface area (Å²) < 4.78 is 2.42. The Kier molecular flexibility index (Phi) is 3.46. The summed E-state index contributed by atoms with van der Waals surface area (Å²) >= 11 is 0. The lowest BCUT2D eigenvalue weighted by molar-refractivity contribution is 0.408. The fourth-order valence-corrected chi connectivity index (χ4v) is 3.40. The van der Waals surface area contributed by atoms with Crippen LogP contribution in [0.2, 0.25) is 0 Å². The minimum atomic E-state index is 0.688. The molecule has 17 heavy (non-hydrogen) atoms. The van der Waals surface area contributed by atoms with Gasteiger partial charge in [0.25, 0.3) is 0 Å². The van der Waals surface area contributed by atoms with Crippen molar-refractivity contribution in [1.29, 1.82) is 0 Å². The van der Waals surface area contributed by atoms with Crippen LogP contribution in [-0.2, 0) is 6.54 Å². The standard InChI is InChI=1S/C14H23N3/c1-2-5-12(4-1)10-17-11-16-9-14(17)13-6-3-7-15-8-13/h9,11-13,15H,1-8,10H2. The summed E-state index contributed by atoms with van der Waals surface area (Å²) in [7, 11) is 0. The monoisotopic (exact) mass is 233 g/mol. The minimum Gasteiger partial charge on any atom is -0.334 e. The number of imidazole rings is 1. The number of piperidine rings is 1. The van der Waals surface area contributed by atoms with Gasteiger partial charge in [0.1, 0.15) is 0 Å². The van der Waals surface area contributed by atoms with Gasteiger partial charge in [0.05, 0.1) is 6.33 Å². The van der Waals surface area contributed by atoms with Gasteiger partial charge in [-0.3, -0.25) is 0 Å². The van der Waals surface area contributed by atoms with Crippen LogP contribution in [0.25, 0.3) is 0 Å². The van der Waals surface area contributed by atoms with Crippen molar-refractivity contribution in [3.63, 3.8) is 0 Å². The largest absolute Gasteiger partial charge is 0.334 e. The molecule has 94 valence electrons. The molecule has 1 aromatic rings. The summed E-state index contributed by atoms with van der Waals surface area (Å²) in [5.41, 5.74) is 1.46. The molecule has 1 saturated carbocycles. The first-order chi connectivity index (χ1) is 8.43. The van der Waals surface area contributed by atoms with Crippen LogP contribution in [0, 0.1) is 5.92 Å². The second kappa shape index (κ2) is 5.21. The smallest absolute Gasteiger partial charge is 0.0948 e. The summed E-state index contributed by atoms with van der Waals surface area (Å²) in [6, 6.07) is 0. The molecule has 3 nitrogen and oxygen atoms in total. The van der Waals surface area contributed by atoms with Crippen LogP contribution in [-0.4, -0.2) is 22.6 Å². The predicted octanol–water partition coefficient (Wildman–Crippen LogP) is 2.54. The van der Waals surface area contributed by atoms with Crippen molar-refractivity contribution >= 4 is 0 Å². The summed E-state index contributed by atoms with van der Waals surface area (Å²) in [4.78, 5) is 4.37. The Labute approximate surface area is 104 Å². The van der Waals surface area contributed by atoms with Crippen molar-refractivity contribution in [3.8, 4) is 0 Å². The fourth-order valence-electron chi connectivity index (χ4n) is 3.40. The lowest BCUT2D eigenvalue weighted by atomic mass is 9.96. The maximum atomic E-state index is 4.37. The molecule has 1 aromatic heterocycles. The van der Waals surface area contributed by atoms with Crippen LogP contribution < -0.4 is 5.32 Å². The molecule has 0 amide bonds. The SMILES string of the molecule is c1ncn(CC2CCCC2)c1C1CCCNC1. The zero-order chi connectivity index (χ0) is 11.5. The third-order valence-electron chi connectivity index (χ3n) is 4.39. The number of nitrogens with zero attached hydrogens (tertiary/aromatic N) is 2. The first-order valence-electron chi connectivity index (χ1n) is 7.14. The first kappa shape index (κ1) is 11.3. The number of rotatable bonds is 3. The van der Waals surface area contributed by atoms with Crippen molar-refractivity contribution in [1.82, 2.24) is 14.9 Å². The Balaban J connectivity index is 1.69. The number of aromatic nitrogens is 2. The zero-order valence-electron chi connectivity index (χ0n) is 10.6. The van der Waals surface area contributed by atoms with E-state index in [9.17, 15) is 0 Å². The number of hydrogen-bond acceptors (Lipinski definition) is 2. The molecule has 3 rings (SSSR count). The molecular formula is C14H23N3. The van der Waals surface area contributed by atoms with Gasteiger partial charge < -0.3 is 9.88 Å². The molecule has 3 heteroatoms. The van der Waals surface area contributed by atoms with Crippen molar-refractivity contribution in [2.24, 2.45) is 5.92 Å². The van der Waals surface area contributed by atoms with Gasteiger partial charge >= 0.3 is 0 Å². The van der Waals surface area contributed by atoms with Crippen molar-refractivity contribution in [2.45, 2.75) is 51.0 Å². The van der Waals surface area contributed by atoms with Gasteiger partial charge in [-0.25, -0.2) is 4.98 Å². The normalized spacial score (nSPS) is 26.5. The van der Waals surface area contributed by atoms with E-state index < -0.39 is 0 Å². The number of nitrogens with one attached hydrogen (secondary N) is 1. The fraction of sp³-hybridized carbons (Fsp3) is 0.786. The molecule has 1 N–H and O–H groups in total. The minimum absolute atomic E-state index is 0.688. The van der Waals surface area contributed by atoms with Crippen molar-refractivity contribution < 1.29 is 0 Å². The quantitative estimate of drug-likeness (QED) is 0.869. The van der Waals surface area contributed by atoms with E-state index >= 15 is 0 Å². The lowest BCUT2D eigenvalue weighted by Crippen LogP contribution is -2.29. The van der Waals surface area contributed by atoms with Gasteiger partial charge in [-0.1, -0.05) is 12.8 Å². The molecule has 0 radical (unpaired) electrons. The average Bonchev–Trinajstić information content (AvgIpc) is 3.02. The molecule has 1 aliphatic carbocycles. The van der Waals surface area contributed by atoms with Crippen LogP contribution in [0.4, 0.5) is 0 Å². The molecule has 1 unspecified atom stereocenters. The number of hydrogen-bond donors (Lipinski definition) is 1. The van der Waals surface area contributed by atoms with Crippen LogP contribution in [0.15, 0.2) is 12.5 Å². The highest BCUT2D eigenvalue weighted by molar-refractivity contribution is 5.08. The highest BCUT2D eigenvalue weighted by Gasteiger charge is 2.21. The van der Waals surface area contributed by atoms with Crippen molar-refractivity contribution in [3.05, 3.63) is 18.2 Å². The first-order valence-corrected chi connectivity index (χ1v) is 7.14. The second-order valence-corrected chi connectivity index (χ2v) is 5.66. The maximum Gasteiger partial charge on any atom is 0.0948 e. The van der Waals surface area contributed by atoms with Crippen molar-refractivity contribution in [2.75, 3.05) is 13.1 Å². The third-order valence-corrected chi connectivity index (χ3v) is 4.39. The molecule has 2 heterocycles. The van der Waals surface area contributed by atoms with E-state index in [0.717, 1.165) is 12.5 Å². The highest BCUT2D eigenvalue weighted by Crippen LogP contribution is 2.29. The van der Waals surface area contributed by atoms with Gasteiger partial charge in [0, 0.05) is 30.9 Å². The van der Waals surface area contributed by atoms with Crippen LogP contribution in [0.5, 0.6) is 0 Å². The molecule has 1 aliphatic heterocycles. The maximum absolute atomic E-state index is 4.37. The average molecular weight is 233 g/mol. The Morgan fingerprint density at radius 2 is 2.12 bits per heavy atom. The van der Waals surface area contributed by atoms with Gasteiger partial charge in [-0.2, -0.15) is 0 Å². The van der Waals surface area contributed by atoms with E-state index in [1.54, 1.807) is 0 Å². The molecular weight excluding hydrogens is 210 g/mol. The summed E-state index contributed by atoms with van der Waals surface area (Å²) in [5, 5.41) is 3.50. The summed E-state index contributed by atoms with van der Waals surface area (Å²) in [6.07, 6.45) is 12.5. The van der Waals surface area contributed by atoms with E-state index in [1.165, 1.54) is 57.3 Å². The van der Waals surface area contributed by atoms with Crippen LogP contribution in [0.1, 0.15) is 50.1 Å². The van der Waals surface area contributed by atoms with Crippen LogP contribution in [0.3, 0.4) is 0 Å². The predicted molar refractivity (Wildman–Crippen MR) is 69.0 cm³/mol. The molecule has 1 atom stereocenters. The van der Waals surface area contributed by atoms with E-state index in [-0.39, 0.29) is 0 Å². The molecule has 2 aliphatic rings. The Morgan fingerprint density at radius 1 is 1.24 bits per heavy atom. The summed E-state index contributed by atoms with van der Waals surface area (Å²) in [5.74, 6) is 1.59. The van der Waals surface area contributed by atoms with Gasteiger partial charge in [-0.15, -0.1) is 0 Å². The molecule has 2 fully saturated rings. The third kappa shape index (κ3) is 2.54. The van der Waals surface area contributed by atoms with E-state index in [0.29, 0.717) is 5.92 Å². The Bertz CT molecular complexity index is 346. The van der Waals surface area contributed by atoms with E-state index in [2.05, 4.69) is 21.1 Å². The van der Waals surface area contributed by atoms with Gasteiger partial charge in [-0.05, 0) is 38.1 Å². The lowest BCUT2D eigenvalue weighted by Gasteiger charge is -2.24. The van der Waals surface area contributed by atoms with Gasteiger partial charge in [0.15, 0.2) is 0 Å². The van der Waals surface area contributed by atoms with Crippen LogP contribution >= 0.6 is 0 Å². The van der Waals surface area contributed by atoms with E-state index in [1.807, 2.05) is 6.33 Å². The molecule has 1 saturated heterocycles. The Morgan fingerprint density at radius 3 is 2.88 bits per heavy atom. The second-order valence-electron chi connectivity index (χ2n) is 5.66. The van der Waals surface area contributed by atoms with Gasteiger partial charge in [0.2, 0.25) is 0 Å².